The summed E-state index contributed by atoms with van der Waals surface area (Å²) in [7, 11) is 3.99. The average molecular weight is 229 g/mol. The van der Waals surface area contributed by atoms with Crippen LogP contribution in [0.4, 0.5) is 23.0 Å². The highest BCUT2D eigenvalue weighted by Gasteiger charge is 2.04. The normalized spacial score (nSPS) is 10.0. The number of benzene rings is 1. The zero-order valence-corrected chi connectivity index (χ0v) is 9.88. The standard InChI is InChI=1S/C12H15N5/c1-17(2)10-6-4-3-5-9(10)16-12-8-14-11(13)7-15-12/h3-8H,1-2H3,(H2,13,14)(H,15,16). The summed E-state index contributed by atoms with van der Waals surface area (Å²) in [5.41, 5.74) is 7.56. The van der Waals surface area contributed by atoms with Crippen LogP contribution in [0.3, 0.4) is 0 Å². The summed E-state index contributed by atoms with van der Waals surface area (Å²) in [5, 5.41) is 3.21. The van der Waals surface area contributed by atoms with E-state index in [2.05, 4.69) is 15.3 Å². The first-order valence-corrected chi connectivity index (χ1v) is 5.28. The van der Waals surface area contributed by atoms with Crippen LogP contribution in [0.15, 0.2) is 36.7 Å². The summed E-state index contributed by atoms with van der Waals surface area (Å²) in [4.78, 5) is 10.2. The molecule has 0 radical (unpaired) electrons. The number of hydrogen-bond donors (Lipinski definition) is 2. The molecule has 2 rings (SSSR count). The van der Waals surface area contributed by atoms with E-state index in [1.165, 1.54) is 6.20 Å². The molecule has 5 nitrogen and oxygen atoms in total. The van der Waals surface area contributed by atoms with Crippen molar-refractivity contribution in [3.8, 4) is 0 Å². The maximum atomic E-state index is 5.49. The van der Waals surface area contributed by atoms with Gasteiger partial charge in [-0.1, -0.05) is 12.1 Å². The second-order valence-electron chi connectivity index (χ2n) is 3.86. The maximum absolute atomic E-state index is 5.49. The van der Waals surface area contributed by atoms with Gasteiger partial charge in [0.2, 0.25) is 0 Å². The van der Waals surface area contributed by atoms with Gasteiger partial charge in [0, 0.05) is 14.1 Å². The third-order valence-corrected chi connectivity index (χ3v) is 2.32. The van der Waals surface area contributed by atoms with Gasteiger partial charge in [0.15, 0.2) is 0 Å². The van der Waals surface area contributed by atoms with Crippen molar-refractivity contribution in [1.29, 1.82) is 0 Å². The van der Waals surface area contributed by atoms with Crippen molar-refractivity contribution < 1.29 is 0 Å². The predicted molar refractivity (Wildman–Crippen MR) is 70.5 cm³/mol. The Morgan fingerprint density at radius 3 is 2.53 bits per heavy atom. The number of nitrogens with zero attached hydrogens (tertiary/aromatic N) is 3. The minimum Gasteiger partial charge on any atom is -0.382 e. The lowest BCUT2D eigenvalue weighted by molar-refractivity contribution is 1.13. The molecule has 1 heterocycles. The summed E-state index contributed by atoms with van der Waals surface area (Å²) in [6.45, 7) is 0. The van der Waals surface area contributed by atoms with Gasteiger partial charge in [0.05, 0.1) is 23.8 Å². The maximum Gasteiger partial charge on any atom is 0.149 e. The Morgan fingerprint density at radius 2 is 1.88 bits per heavy atom. The van der Waals surface area contributed by atoms with Gasteiger partial charge in [-0.2, -0.15) is 0 Å². The number of nitrogens with one attached hydrogen (secondary N) is 1. The van der Waals surface area contributed by atoms with E-state index >= 15 is 0 Å². The van der Waals surface area contributed by atoms with E-state index in [1.54, 1.807) is 6.20 Å². The van der Waals surface area contributed by atoms with Crippen molar-refractivity contribution >= 4 is 23.0 Å². The van der Waals surface area contributed by atoms with E-state index in [-0.39, 0.29) is 0 Å². The molecule has 0 aliphatic heterocycles. The molecule has 1 aromatic carbocycles. The first kappa shape index (κ1) is 11.2. The Balaban J connectivity index is 2.26. The van der Waals surface area contributed by atoms with Gasteiger partial charge in [-0.3, -0.25) is 0 Å². The fourth-order valence-corrected chi connectivity index (χ4v) is 1.51. The van der Waals surface area contributed by atoms with Crippen molar-refractivity contribution in [2.45, 2.75) is 0 Å². The molecule has 5 heteroatoms. The van der Waals surface area contributed by atoms with Gasteiger partial charge in [-0.25, -0.2) is 9.97 Å². The summed E-state index contributed by atoms with van der Waals surface area (Å²) >= 11 is 0. The van der Waals surface area contributed by atoms with Gasteiger partial charge in [-0.15, -0.1) is 0 Å². The molecule has 3 N–H and O–H groups in total. The topological polar surface area (TPSA) is 67.1 Å². The molecule has 88 valence electrons. The molecule has 0 spiro atoms. The zero-order chi connectivity index (χ0) is 12.3. The summed E-state index contributed by atoms with van der Waals surface area (Å²) < 4.78 is 0. The quantitative estimate of drug-likeness (QED) is 0.841. The van der Waals surface area contributed by atoms with E-state index in [9.17, 15) is 0 Å². The van der Waals surface area contributed by atoms with Gasteiger partial charge in [-0.05, 0) is 12.1 Å². The van der Waals surface area contributed by atoms with Crippen LogP contribution < -0.4 is 16.0 Å². The Hall–Kier alpha value is -2.30. The molecule has 0 aliphatic carbocycles. The highest BCUT2D eigenvalue weighted by molar-refractivity contribution is 5.73. The molecule has 0 saturated carbocycles. The van der Waals surface area contributed by atoms with Crippen molar-refractivity contribution in [3.63, 3.8) is 0 Å². The third kappa shape index (κ3) is 2.63. The van der Waals surface area contributed by atoms with E-state index < -0.39 is 0 Å². The first-order valence-electron chi connectivity index (χ1n) is 5.28. The van der Waals surface area contributed by atoms with Gasteiger partial charge in [0.25, 0.3) is 0 Å². The molecule has 0 amide bonds. The number of hydrogen-bond acceptors (Lipinski definition) is 5. The van der Waals surface area contributed by atoms with Crippen LogP contribution in [-0.2, 0) is 0 Å². The molecule has 0 aliphatic rings. The van der Waals surface area contributed by atoms with E-state index in [0.29, 0.717) is 11.6 Å². The molecule has 0 atom stereocenters. The van der Waals surface area contributed by atoms with Crippen LogP contribution in [0.2, 0.25) is 0 Å². The van der Waals surface area contributed by atoms with E-state index in [0.717, 1.165) is 11.4 Å². The van der Waals surface area contributed by atoms with E-state index in [1.807, 2.05) is 43.3 Å². The molecule has 0 bridgehead atoms. The number of para-hydroxylation sites is 2. The minimum atomic E-state index is 0.413. The molecular formula is C12H15N5. The van der Waals surface area contributed by atoms with Crippen molar-refractivity contribution in [1.82, 2.24) is 9.97 Å². The summed E-state index contributed by atoms with van der Waals surface area (Å²) in [5.74, 6) is 1.09. The van der Waals surface area contributed by atoms with Crippen molar-refractivity contribution in [2.24, 2.45) is 0 Å². The fourth-order valence-electron chi connectivity index (χ4n) is 1.51. The van der Waals surface area contributed by atoms with Gasteiger partial charge < -0.3 is 16.0 Å². The van der Waals surface area contributed by atoms with Crippen molar-refractivity contribution in [3.05, 3.63) is 36.7 Å². The molecule has 17 heavy (non-hydrogen) atoms. The monoisotopic (exact) mass is 229 g/mol. The van der Waals surface area contributed by atoms with Gasteiger partial charge in [0.1, 0.15) is 11.6 Å². The minimum absolute atomic E-state index is 0.413. The zero-order valence-electron chi connectivity index (χ0n) is 9.88. The Morgan fingerprint density at radius 1 is 1.12 bits per heavy atom. The lowest BCUT2D eigenvalue weighted by Crippen LogP contribution is -2.11. The number of rotatable bonds is 3. The number of nitrogens with two attached hydrogens (primary N) is 1. The third-order valence-electron chi connectivity index (χ3n) is 2.32. The van der Waals surface area contributed by atoms with Crippen LogP contribution in [0.1, 0.15) is 0 Å². The Kier molecular flexibility index (Phi) is 3.09. The predicted octanol–water partition coefficient (Wildman–Crippen LogP) is 1.87. The fraction of sp³-hybridized carbons (Fsp3) is 0.167. The SMILES string of the molecule is CN(C)c1ccccc1Nc1cnc(N)cn1. The highest BCUT2D eigenvalue weighted by atomic mass is 15.1. The molecule has 0 unspecified atom stereocenters. The lowest BCUT2D eigenvalue weighted by Gasteiger charge is -2.17. The molecular weight excluding hydrogens is 214 g/mol. The van der Waals surface area contributed by atoms with Crippen molar-refractivity contribution in [2.75, 3.05) is 30.0 Å². The Labute approximate surface area is 100 Å². The van der Waals surface area contributed by atoms with Gasteiger partial charge >= 0.3 is 0 Å². The second-order valence-corrected chi connectivity index (χ2v) is 3.86. The molecule has 0 saturated heterocycles. The number of nitrogen functional groups attached to an aromatic ring is 1. The molecule has 1 aromatic heterocycles. The lowest BCUT2D eigenvalue weighted by atomic mass is 10.2. The molecule has 2 aromatic rings. The Bertz CT molecular complexity index is 493. The average Bonchev–Trinajstić information content (AvgIpc) is 2.32. The summed E-state index contributed by atoms with van der Waals surface area (Å²) in [6.07, 6.45) is 3.14. The van der Waals surface area contributed by atoms with Crippen LogP contribution in [0, 0.1) is 0 Å². The smallest absolute Gasteiger partial charge is 0.149 e. The number of aromatic nitrogens is 2. The summed E-state index contributed by atoms with van der Waals surface area (Å²) in [6, 6.07) is 8.00. The van der Waals surface area contributed by atoms with Crippen LogP contribution in [0.5, 0.6) is 0 Å². The highest BCUT2D eigenvalue weighted by Crippen LogP contribution is 2.25. The van der Waals surface area contributed by atoms with Crippen LogP contribution in [0.25, 0.3) is 0 Å². The molecule has 0 fully saturated rings. The number of anilines is 4. The van der Waals surface area contributed by atoms with E-state index in [4.69, 9.17) is 5.73 Å². The second kappa shape index (κ2) is 4.69. The van der Waals surface area contributed by atoms with Crippen LogP contribution >= 0.6 is 0 Å². The largest absolute Gasteiger partial charge is 0.382 e. The first-order chi connectivity index (χ1) is 8.16. The van der Waals surface area contributed by atoms with Crippen LogP contribution in [-0.4, -0.2) is 24.1 Å².